The van der Waals surface area contributed by atoms with Gasteiger partial charge in [-0.05, 0) is 12.0 Å². The molecule has 1 N–H and O–H groups in total. The van der Waals surface area contributed by atoms with Crippen molar-refractivity contribution in [3.05, 3.63) is 54.0 Å². The molecule has 0 saturated carbocycles. The van der Waals surface area contributed by atoms with E-state index in [2.05, 4.69) is 27.0 Å². The number of fused-ring (bicyclic) bond motifs is 3. The van der Waals surface area contributed by atoms with Crippen molar-refractivity contribution in [1.29, 1.82) is 0 Å². The summed E-state index contributed by atoms with van der Waals surface area (Å²) in [6.07, 6.45) is 3.91. The molecule has 4 rings (SSSR count). The van der Waals surface area contributed by atoms with Crippen molar-refractivity contribution >= 4 is 28.0 Å². The summed E-state index contributed by atoms with van der Waals surface area (Å²) in [5.74, 6) is -1.24. The highest BCUT2D eigenvalue weighted by molar-refractivity contribution is 6.07. The lowest BCUT2D eigenvalue weighted by atomic mass is 10.1. The van der Waals surface area contributed by atoms with E-state index >= 15 is 0 Å². The second-order valence-electron chi connectivity index (χ2n) is 5.61. The van der Waals surface area contributed by atoms with Gasteiger partial charge in [-0.15, -0.1) is 0 Å². The maximum absolute atomic E-state index is 11.7. The lowest BCUT2D eigenvalue weighted by Crippen LogP contribution is -2.03. The number of rotatable bonds is 4. The van der Waals surface area contributed by atoms with E-state index in [1.54, 1.807) is 10.9 Å². The fraction of sp³-hybridized carbons (Fsp3) is 0.167. The van der Waals surface area contributed by atoms with Gasteiger partial charge in [0, 0.05) is 12.7 Å². The zero-order valence-corrected chi connectivity index (χ0v) is 13.5. The Morgan fingerprint density at radius 2 is 2.04 bits per heavy atom. The number of hydrogen-bond acceptors (Lipinski definition) is 6. The second-order valence-corrected chi connectivity index (χ2v) is 5.61. The van der Waals surface area contributed by atoms with Crippen molar-refractivity contribution in [1.82, 2.24) is 14.8 Å². The molecule has 7 nitrogen and oxygen atoms in total. The van der Waals surface area contributed by atoms with Crippen LogP contribution in [0.5, 0.6) is 5.75 Å². The smallest absolute Gasteiger partial charge is 0.377 e. The van der Waals surface area contributed by atoms with Gasteiger partial charge in [-0.2, -0.15) is 5.10 Å². The Hall–Kier alpha value is -3.35. The molecule has 1 aromatic carbocycles. The number of carbonyl (C=O) groups excluding carboxylic acids is 1. The zero-order valence-electron chi connectivity index (χ0n) is 13.5. The highest BCUT2D eigenvalue weighted by Crippen LogP contribution is 2.35. The third-order valence-electron chi connectivity index (χ3n) is 4.12. The van der Waals surface area contributed by atoms with E-state index in [4.69, 9.17) is 4.42 Å². The van der Waals surface area contributed by atoms with Gasteiger partial charge in [0.1, 0.15) is 0 Å². The summed E-state index contributed by atoms with van der Waals surface area (Å²) in [5, 5.41) is 15.5. The second kappa shape index (κ2) is 5.94. The van der Waals surface area contributed by atoms with E-state index in [1.807, 2.05) is 18.2 Å². The molecule has 7 heteroatoms. The third kappa shape index (κ3) is 2.50. The molecule has 25 heavy (non-hydrogen) atoms. The van der Waals surface area contributed by atoms with Crippen LogP contribution in [0.3, 0.4) is 0 Å². The molecule has 0 spiro atoms. The number of aromatic hydroxyl groups is 1. The Kier molecular flexibility index (Phi) is 3.61. The van der Waals surface area contributed by atoms with Gasteiger partial charge in [0.15, 0.2) is 17.0 Å². The number of nitrogens with zero attached hydrogens (tertiary/aromatic N) is 3. The van der Waals surface area contributed by atoms with Crippen LogP contribution in [0.1, 0.15) is 16.1 Å². The molecule has 0 amide bonds. The lowest BCUT2D eigenvalue weighted by molar-refractivity contribution is 0.0563. The van der Waals surface area contributed by atoms with Gasteiger partial charge >= 0.3 is 5.97 Å². The summed E-state index contributed by atoms with van der Waals surface area (Å²) < 4.78 is 11.9. The molecule has 0 aliphatic carbocycles. The fourth-order valence-corrected chi connectivity index (χ4v) is 2.83. The fourth-order valence-electron chi connectivity index (χ4n) is 2.83. The number of esters is 1. The first-order chi connectivity index (χ1) is 12.2. The zero-order chi connectivity index (χ0) is 17.4. The van der Waals surface area contributed by atoms with Crippen molar-refractivity contribution in [3.63, 3.8) is 0 Å². The number of aryl methyl sites for hydroxylation is 2. The molecule has 126 valence electrons. The first-order valence-electron chi connectivity index (χ1n) is 7.77. The maximum Gasteiger partial charge on any atom is 0.377 e. The third-order valence-corrected chi connectivity index (χ3v) is 4.12. The molecule has 0 unspecified atom stereocenters. The van der Waals surface area contributed by atoms with Gasteiger partial charge in [0.2, 0.25) is 0 Å². The Labute approximate surface area is 142 Å². The van der Waals surface area contributed by atoms with E-state index in [9.17, 15) is 9.90 Å². The summed E-state index contributed by atoms with van der Waals surface area (Å²) in [7, 11) is 1.23. The first-order valence-corrected chi connectivity index (χ1v) is 7.77. The Balaban J connectivity index is 1.74. The van der Waals surface area contributed by atoms with Crippen LogP contribution in [0.2, 0.25) is 0 Å². The number of benzene rings is 1. The number of aromatic nitrogens is 3. The van der Waals surface area contributed by atoms with E-state index in [0.29, 0.717) is 28.5 Å². The Morgan fingerprint density at radius 1 is 1.24 bits per heavy atom. The molecule has 0 atom stereocenters. The van der Waals surface area contributed by atoms with Gasteiger partial charge in [0.25, 0.3) is 5.76 Å². The highest BCUT2D eigenvalue weighted by Gasteiger charge is 2.23. The number of pyridine rings is 1. The minimum atomic E-state index is -0.738. The lowest BCUT2D eigenvalue weighted by Gasteiger charge is -2.03. The van der Waals surface area contributed by atoms with Crippen molar-refractivity contribution < 1.29 is 19.1 Å². The molecule has 0 radical (unpaired) electrons. The number of methoxy groups -OCH3 is 1. The molecule has 4 aromatic rings. The summed E-state index contributed by atoms with van der Waals surface area (Å²) in [6.45, 7) is 0.655. The SMILES string of the molecule is COC(=O)c1oc2c(cnc3c2cnn3CCc2ccccc2)c1O. The Bertz CT molecular complexity index is 1070. The number of furan rings is 1. The van der Waals surface area contributed by atoms with Crippen molar-refractivity contribution in [2.75, 3.05) is 7.11 Å². The van der Waals surface area contributed by atoms with Crippen molar-refractivity contribution in [2.24, 2.45) is 0 Å². The van der Waals surface area contributed by atoms with E-state index in [1.165, 1.54) is 18.9 Å². The normalized spacial score (nSPS) is 11.2. The van der Waals surface area contributed by atoms with Crippen molar-refractivity contribution in [2.45, 2.75) is 13.0 Å². The van der Waals surface area contributed by atoms with Crippen LogP contribution < -0.4 is 0 Å². The summed E-state index contributed by atoms with van der Waals surface area (Å²) >= 11 is 0. The first kappa shape index (κ1) is 15.2. The summed E-state index contributed by atoms with van der Waals surface area (Å²) in [6, 6.07) is 10.1. The average Bonchev–Trinajstić information content (AvgIpc) is 3.21. The highest BCUT2D eigenvalue weighted by atomic mass is 16.5. The monoisotopic (exact) mass is 337 g/mol. The molecule has 0 bridgehead atoms. The van der Waals surface area contributed by atoms with Crippen LogP contribution in [-0.4, -0.2) is 33.0 Å². The predicted molar refractivity (Wildman–Crippen MR) is 90.5 cm³/mol. The number of hydrogen-bond donors (Lipinski definition) is 1. The summed E-state index contributed by atoms with van der Waals surface area (Å²) in [4.78, 5) is 16.1. The van der Waals surface area contributed by atoms with Crippen LogP contribution >= 0.6 is 0 Å². The topological polar surface area (TPSA) is 90.4 Å². The quantitative estimate of drug-likeness (QED) is 0.576. The van der Waals surface area contributed by atoms with Gasteiger partial charge in [-0.1, -0.05) is 30.3 Å². The van der Waals surface area contributed by atoms with Crippen LogP contribution in [0.15, 0.2) is 47.1 Å². The van der Waals surface area contributed by atoms with Crippen LogP contribution in [-0.2, 0) is 17.7 Å². The van der Waals surface area contributed by atoms with Crippen LogP contribution in [0.4, 0.5) is 0 Å². The van der Waals surface area contributed by atoms with E-state index in [0.717, 1.165) is 6.42 Å². The molecule has 3 aromatic heterocycles. The number of ether oxygens (including phenoxy) is 1. The molecule has 0 aliphatic heterocycles. The van der Waals surface area contributed by atoms with Gasteiger partial charge in [-0.25, -0.2) is 14.5 Å². The van der Waals surface area contributed by atoms with E-state index < -0.39 is 5.97 Å². The van der Waals surface area contributed by atoms with Crippen molar-refractivity contribution in [3.8, 4) is 5.75 Å². The predicted octanol–water partition coefficient (Wildman–Crippen LogP) is 2.91. The Morgan fingerprint density at radius 3 is 2.80 bits per heavy atom. The molecule has 0 fully saturated rings. The van der Waals surface area contributed by atoms with E-state index in [-0.39, 0.29) is 11.5 Å². The van der Waals surface area contributed by atoms with Crippen LogP contribution in [0.25, 0.3) is 22.0 Å². The average molecular weight is 337 g/mol. The minimum Gasteiger partial charge on any atom is -0.504 e. The largest absolute Gasteiger partial charge is 0.504 e. The van der Waals surface area contributed by atoms with Gasteiger partial charge < -0.3 is 14.3 Å². The standard InChI is InChI=1S/C18H15N3O4/c1-24-18(23)16-14(22)12-9-19-17-13(15(12)25-16)10-20-21(17)8-7-11-5-3-2-4-6-11/h2-6,9-10,22H,7-8H2,1H3. The molecule has 0 saturated heterocycles. The molecule has 3 heterocycles. The van der Waals surface area contributed by atoms with Crippen LogP contribution in [0, 0.1) is 0 Å². The molecular formula is C18H15N3O4. The summed E-state index contributed by atoms with van der Waals surface area (Å²) in [5.41, 5.74) is 2.21. The molecular weight excluding hydrogens is 322 g/mol. The van der Waals surface area contributed by atoms with Gasteiger partial charge in [-0.3, -0.25) is 0 Å². The molecule has 0 aliphatic rings. The van der Waals surface area contributed by atoms with Gasteiger partial charge in [0.05, 0.1) is 24.1 Å². The number of carbonyl (C=O) groups is 1. The maximum atomic E-state index is 11.7. The minimum absolute atomic E-state index is 0.233.